The molecule has 0 amide bonds. The van der Waals surface area contributed by atoms with Crippen LogP contribution in [0.5, 0.6) is 11.5 Å². The Hall–Kier alpha value is -2.36. The summed E-state index contributed by atoms with van der Waals surface area (Å²) < 4.78 is 43.0. The predicted molar refractivity (Wildman–Crippen MR) is 106 cm³/mol. The largest absolute Gasteiger partial charge is 0.493 e. The maximum atomic E-state index is 12.6. The highest BCUT2D eigenvalue weighted by atomic mass is 32.2. The number of ether oxygens (including phenoxy) is 3. The van der Waals surface area contributed by atoms with Gasteiger partial charge in [-0.1, -0.05) is 12.1 Å². The molecule has 1 saturated heterocycles. The first-order valence-corrected chi connectivity index (χ1v) is 10.5. The number of likely N-dealkylation sites (N-methyl/N-ethyl adjacent to an activating group) is 1. The van der Waals surface area contributed by atoms with E-state index in [2.05, 4.69) is 4.98 Å². The average molecular weight is 407 g/mol. The van der Waals surface area contributed by atoms with Crippen molar-refractivity contribution in [3.63, 3.8) is 0 Å². The van der Waals surface area contributed by atoms with Crippen LogP contribution in [0.1, 0.15) is 0 Å². The van der Waals surface area contributed by atoms with Crippen molar-refractivity contribution in [1.82, 2.24) is 9.29 Å². The second kappa shape index (κ2) is 9.22. The molecule has 0 saturated carbocycles. The number of morpholine rings is 1. The molecule has 2 heterocycles. The number of hydrogen-bond acceptors (Lipinski definition) is 7. The number of sulfonamides is 1. The van der Waals surface area contributed by atoms with Crippen LogP contribution in [0.15, 0.2) is 47.5 Å². The zero-order valence-electron chi connectivity index (χ0n) is 16.1. The number of hydrogen-bond donors (Lipinski definition) is 0. The molecule has 1 fully saturated rings. The molecule has 1 aliphatic heterocycles. The number of anilines is 1. The number of benzene rings is 1. The first kappa shape index (κ1) is 20.4. The molecule has 1 aromatic heterocycles. The van der Waals surface area contributed by atoms with Crippen LogP contribution in [-0.2, 0) is 14.8 Å². The van der Waals surface area contributed by atoms with Gasteiger partial charge in [-0.2, -0.15) is 4.31 Å². The van der Waals surface area contributed by atoms with Gasteiger partial charge in [0.05, 0.1) is 26.9 Å². The fourth-order valence-corrected chi connectivity index (χ4v) is 4.19. The number of pyridine rings is 1. The van der Waals surface area contributed by atoms with E-state index < -0.39 is 10.0 Å². The van der Waals surface area contributed by atoms with Gasteiger partial charge in [0.2, 0.25) is 10.0 Å². The highest BCUT2D eigenvalue weighted by Gasteiger charge is 2.26. The first-order valence-electron chi connectivity index (χ1n) is 9.03. The predicted octanol–water partition coefficient (Wildman–Crippen LogP) is 1.63. The lowest BCUT2D eigenvalue weighted by molar-refractivity contribution is 0.0730. The molecule has 0 spiro atoms. The zero-order valence-corrected chi connectivity index (χ0v) is 16.9. The Morgan fingerprint density at radius 2 is 1.86 bits per heavy atom. The molecule has 0 atom stereocenters. The molecule has 0 radical (unpaired) electrons. The lowest BCUT2D eigenvalue weighted by Gasteiger charge is -2.26. The molecule has 0 bridgehead atoms. The third-order valence-corrected chi connectivity index (χ3v) is 6.36. The Kier molecular flexibility index (Phi) is 6.71. The molecule has 28 heavy (non-hydrogen) atoms. The van der Waals surface area contributed by atoms with Crippen molar-refractivity contribution in [2.24, 2.45) is 0 Å². The normalized spacial score (nSPS) is 15.2. The summed E-state index contributed by atoms with van der Waals surface area (Å²) in [5.41, 5.74) is 0. The summed E-state index contributed by atoms with van der Waals surface area (Å²) in [4.78, 5) is 6.40. The summed E-state index contributed by atoms with van der Waals surface area (Å²) in [5.74, 6) is 2.03. The van der Waals surface area contributed by atoms with E-state index in [4.69, 9.17) is 14.2 Å². The molecule has 8 nitrogen and oxygen atoms in total. The van der Waals surface area contributed by atoms with Gasteiger partial charge >= 0.3 is 0 Å². The van der Waals surface area contributed by atoms with Crippen LogP contribution in [0.4, 0.5) is 5.82 Å². The van der Waals surface area contributed by atoms with Gasteiger partial charge < -0.3 is 19.1 Å². The molecule has 3 rings (SSSR count). The molecule has 0 unspecified atom stereocenters. The maximum Gasteiger partial charge on any atom is 0.244 e. The van der Waals surface area contributed by atoms with Gasteiger partial charge in [0, 0.05) is 26.3 Å². The molecule has 0 N–H and O–H groups in total. The van der Waals surface area contributed by atoms with E-state index in [1.54, 1.807) is 19.2 Å². The van der Waals surface area contributed by atoms with E-state index in [1.807, 2.05) is 36.2 Å². The van der Waals surface area contributed by atoms with Crippen molar-refractivity contribution in [2.75, 3.05) is 58.5 Å². The van der Waals surface area contributed by atoms with Gasteiger partial charge in [-0.15, -0.1) is 0 Å². The zero-order chi connectivity index (χ0) is 20.0. The topological polar surface area (TPSA) is 81.2 Å². The van der Waals surface area contributed by atoms with E-state index in [1.165, 1.54) is 10.5 Å². The van der Waals surface area contributed by atoms with Gasteiger partial charge in [0.1, 0.15) is 17.3 Å². The summed E-state index contributed by atoms with van der Waals surface area (Å²) >= 11 is 0. The Bertz CT molecular complexity index is 867. The average Bonchev–Trinajstić information content (AvgIpc) is 2.74. The van der Waals surface area contributed by atoms with Crippen LogP contribution >= 0.6 is 0 Å². The van der Waals surface area contributed by atoms with Crippen LogP contribution < -0.4 is 14.4 Å². The lowest BCUT2D eigenvalue weighted by atomic mass is 10.3. The second-order valence-corrected chi connectivity index (χ2v) is 8.23. The monoisotopic (exact) mass is 407 g/mol. The van der Waals surface area contributed by atoms with Crippen molar-refractivity contribution in [3.8, 4) is 11.5 Å². The van der Waals surface area contributed by atoms with E-state index in [-0.39, 0.29) is 4.90 Å². The molecular formula is C19H25N3O5S. The Labute approximate surface area is 165 Å². The summed E-state index contributed by atoms with van der Waals surface area (Å²) in [6.45, 7) is 2.58. The SMILES string of the molecule is COc1ccccc1OCCN(C)c1ccc(S(=O)(=O)N2CCOCC2)cn1. The Morgan fingerprint density at radius 1 is 1.14 bits per heavy atom. The summed E-state index contributed by atoms with van der Waals surface area (Å²) in [7, 11) is -0.0505. The molecule has 152 valence electrons. The minimum absolute atomic E-state index is 0.192. The van der Waals surface area contributed by atoms with E-state index >= 15 is 0 Å². The number of methoxy groups -OCH3 is 1. The summed E-state index contributed by atoms with van der Waals surface area (Å²) in [6, 6.07) is 10.8. The number of nitrogens with zero attached hydrogens (tertiary/aromatic N) is 3. The van der Waals surface area contributed by atoms with Crippen molar-refractivity contribution in [2.45, 2.75) is 4.90 Å². The van der Waals surface area contributed by atoms with Crippen molar-refractivity contribution >= 4 is 15.8 Å². The van der Waals surface area contributed by atoms with E-state index in [9.17, 15) is 8.42 Å². The fraction of sp³-hybridized carbons (Fsp3) is 0.421. The third-order valence-electron chi connectivity index (χ3n) is 4.47. The van der Waals surface area contributed by atoms with Gasteiger partial charge in [-0.05, 0) is 24.3 Å². The Morgan fingerprint density at radius 3 is 2.50 bits per heavy atom. The lowest BCUT2D eigenvalue weighted by Crippen LogP contribution is -2.40. The minimum Gasteiger partial charge on any atom is -0.493 e. The van der Waals surface area contributed by atoms with Gasteiger partial charge in [0.25, 0.3) is 0 Å². The molecule has 9 heteroatoms. The number of rotatable bonds is 8. The molecule has 0 aliphatic carbocycles. The molecular weight excluding hydrogens is 382 g/mol. The van der Waals surface area contributed by atoms with Crippen molar-refractivity contribution < 1.29 is 22.6 Å². The van der Waals surface area contributed by atoms with Gasteiger partial charge in [0.15, 0.2) is 11.5 Å². The van der Waals surface area contributed by atoms with Crippen LogP contribution in [0.3, 0.4) is 0 Å². The van der Waals surface area contributed by atoms with Crippen molar-refractivity contribution in [1.29, 1.82) is 0 Å². The van der Waals surface area contributed by atoms with Crippen LogP contribution in [-0.4, -0.2) is 71.3 Å². The maximum absolute atomic E-state index is 12.6. The second-order valence-electron chi connectivity index (χ2n) is 6.29. The van der Waals surface area contributed by atoms with Gasteiger partial charge in [-0.3, -0.25) is 0 Å². The highest BCUT2D eigenvalue weighted by Crippen LogP contribution is 2.25. The van der Waals surface area contributed by atoms with Crippen LogP contribution in [0, 0.1) is 0 Å². The van der Waals surface area contributed by atoms with E-state index in [0.29, 0.717) is 56.8 Å². The van der Waals surface area contributed by atoms with Crippen LogP contribution in [0.25, 0.3) is 0 Å². The third kappa shape index (κ3) is 4.73. The smallest absolute Gasteiger partial charge is 0.244 e. The first-order chi connectivity index (χ1) is 13.5. The highest BCUT2D eigenvalue weighted by molar-refractivity contribution is 7.89. The number of aromatic nitrogens is 1. The quantitative estimate of drug-likeness (QED) is 0.658. The standard InChI is InChI=1S/C19H25N3O5S/c1-21(9-14-27-18-6-4-3-5-17(18)25-2)19-8-7-16(15-20-19)28(23,24)22-10-12-26-13-11-22/h3-8,15H,9-14H2,1-2H3. The number of para-hydroxylation sites is 2. The minimum atomic E-state index is -3.53. The molecule has 2 aromatic rings. The van der Waals surface area contributed by atoms with Gasteiger partial charge in [-0.25, -0.2) is 13.4 Å². The summed E-state index contributed by atoms with van der Waals surface area (Å²) in [6.07, 6.45) is 1.40. The fourth-order valence-electron chi connectivity index (χ4n) is 2.83. The van der Waals surface area contributed by atoms with Crippen molar-refractivity contribution in [3.05, 3.63) is 42.6 Å². The molecule has 1 aliphatic rings. The Balaban J connectivity index is 1.58. The van der Waals surface area contributed by atoms with Crippen LogP contribution in [0.2, 0.25) is 0 Å². The molecule has 1 aromatic carbocycles. The summed E-state index contributed by atoms with van der Waals surface area (Å²) in [5, 5.41) is 0. The van der Waals surface area contributed by atoms with E-state index in [0.717, 1.165) is 0 Å².